The van der Waals surface area contributed by atoms with Crippen molar-refractivity contribution < 1.29 is 0 Å². The summed E-state index contributed by atoms with van der Waals surface area (Å²) in [5, 5.41) is 0. The van der Waals surface area contributed by atoms with Gasteiger partial charge in [-0.05, 0) is 56.6 Å². The normalized spacial score (nSPS) is 16.6. The summed E-state index contributed by atoms with van der Waals surface area (Å²) < 4.78 is 0. The van der Waals surface area contributed by atoms with Gasteiger partial charge in [0.1, 0.15) is 0 Å². The molecule has 2 aliphatic carbocycles. The predicted octanol–water partition coefficient (Wildman–Crippen LogP) is 6.51. The number of rotatable bonds is 0. The third-order valence-corrected chi connectivity index (χ3v) is 3.94. The van der Waals surface area contributed by atoms with Gasteiger partial charge in [0.15, 0.2) is 0 Å². The molecule has 21 heavy (non-hydrogen) atoms. The van der Waals surface area contributed by atoms with Crippen molar-refractivity contribution in [1.82, 2.24) is 0 Å². The molecule has 0 fully saturated rings. The molecule has 0 nitrogen and oxygen atoms in total. The second-order valence-corrected chi connectivity index (χ2v) is 6.34. The van der Waals surface area contributed by atoms with Crippen LogP contribution in [0.4, 0.5) is 0 Å². The summed E-state index contributed by atoms with van der Waals surface area (Å²) in [6.45, 7) is 10.9. The first-order valence-corrected chi connectivity index (χ1v) is 8.49. The number of hydrogen-bond acceptors (Lipinski definition) is 0. The van der Waals surface area contributed by atoms with E-state index in [1.807, 2.05) is 0 Å². The van der Waals surface area contributed by atoms with Gasteiger partial charge in [0.2, 0.25) is 0 Å². The number of hydrogen-bond donors (Lipinski definition) is 0. The fourth-order valence-corrected chi connectivity index (χ4v) is 2.70. The average Bonchev–Trinajstić information content (AvgIpc) is 2.84. The minimum absolute atomic E-state index is 0.873. The molecule has 0 radical (unpaired) electrons. The highest BCUT2D eigenvalue weighted by Gasteiger charge is 2.15. The van der Waals surface area contributed by atoms with E-state index in [9.17, 15) is 0 Å². The Labute approximate surface area is 132 Å². The highest BCUT2D eigenvalue weighted by atomic mass is 14.2. The molecule has 0 amide bonds. The lowest BCUT2D eigenvalue weighted by Crippen LogP contribution is -1.89. The van der Waals surface area contributed by atoms with Crippen molar-refractivity contribution in [3.63, 3.8) is 0 Å². The van der Waals surface area contributed by atoms with Crippen molar-refractivity contribution in [2.45, 2.75) is 66.7 Å². The Morgan fingerprint density at radius 2 is 1.24 bits per heavy atom. The van der Waals surface area contributed by atoms with Gasteiger partial charge in [0.05, 0.1) is 0 Å². The third kappa shape index (κ3) is 6.33. The van der Waals surface area contributed by atoms with Gasteiger partial charge in [0.25, 0.3) is 0 Å². The van der Waals surface area contributed by atoms with Crippen LogP contribution in [-0.2, 0) is 12.8 Å². The number of fused-ring (bicyclic) bond motifs is 1. The van der Waals surface area contributed by atoms with Crippen molar-refractivity contribution in [1.29, 1.82) is 0 Å². The van der Waals surface area contributed by atoms with Gasteiger partial charge >= 0.3 is 0 Å². The smallest absolute Gasteiger partial charge is 0.0247 e. The van der Waals surface area contributed by atoms with Crippen molar-refractivity contribution in [3.05, 3.63) is 58.7 Å². The van der Waals surface area contributed by atoms with Gasteiger partial charge in [0, 0.05) is 0 Å². The zero-order valence-corrected chi connectivity index (χ0v) is 14.6. The maximum Gasteiger partial charge on any atom is -0.0247 e. The van der Waals surface area contributed by atoms with Crippen LogP contribution in [0.15, 0.2) is 47.6 Å². The van der Waals surface area contributed by atoms with Crippen LogP contribution in [0.3, 0.4) is 0 Å². The SMILES string of the molecule is CC1=CCCC=C1C.CC1Cc2ccccc2C1.CCC. The minimum atomic E-state index is 0.873. The standard InChI is InChI=1S/C10H12.C8H12.C3H8/c1-8-6-9-4-2-3-5-10(9)7-8;1-7-5-3-4-6-8(7)2;1-3-2/h2-5,8H,6-7H2,1H3;5-6H,3-4H2,1-2H3;3H2,1-2H3. The molecule has 0 aromatic heterocycles. The maximum absolute atomic E-state index is 2.32. The van der Waals surface area contributed by atoms with Crippen molar-refractivity contribution >= 4 is 0 Å². The molecule has 0 aliphatic heterocycles. The van der Waals surface area contributed by atoms with Gasteiger partial charge in [-0.1, -0.05) is 74.8 Å². The van der Waals surface area contributed by atoms with E-state index in [0.717, 1.165) is 5.92 Å². The lowest BCUT2D eigenvalue weighted by Gasteiger charge is -2.05. The number of allylic oxidation sites excluding steroid dienone is 4. The number of benzene rings is 1. The Kier molecular flexibility index (Phi) is 8.12. The maximum atomic E-state index is 2.32. The lowest BCUT2D eigenvalue weighted by atomic mass is 10.0. The monoisotopic (exact) mass is 284 g/mol. The fourth-order valence-electron chi connectivity index (χ4n) is 2.70. The van der Waals surface area contributed by atoms with E-state index in [0.29, 0.717) is 0 Å². The summed E-state index contributed by atoms with van der Waals surface area (Å²) in [5.41, 5.74) is 6.04. The van der Waals surface area contributed by atoms with E-state index in [4.69, 9.17) is 0 Å². The van der Waals surface area contributed by atoms with Gasteiger partial charge in [-0.2, -0.15) is 0 Å². The molecule has 0 heterocycles. The first kappa shape index (κ1) is 17.8. The molecular formula is C21H32. The minimum Gasteiger partial charge on any atom is -0.0810 e. The molecule has 0 saturated carbocycles. The second kappa shape index (κ2) is 9.60. The molecule has 0 heteroatoms. The molecule has 0 unspecified atom stereocenters. The summed E-state index contributed by atoms with van der Waals surface area (Å²) in [5.74, 6) is 0.873. The predicted molar refractivity (Wildman–Crippen MR) is 95.7 cm³/mol. The summed E-state index contributed by atoms with van der Waals surface area (Å²) in [6.07, 6.45) is 10.9. The molecule has 0 N–H and O–H groups in total. The zero-order chi connectivity index (χ0) is 15.7. The van der Waals surface area contributed by atoms with Crippen molar-refractivity contribution in [2.75, 3.05) is 0 Å². The lowest BCUT2D eigenvalue weighted by molar-refractivity contribution is 0.628. The van der Waals surface area contributed by atoms with Crippen LogP contribution < -0.4 is 0 Å². The Morgan fingerprint density at radius 1 is 0.857 bits per heavy atom. The summed E-state index contributed by atoms with van der Waals surface area (Å²) in [6, 6.07) is 8.77. The van der Waals surface area contributed by atoms with Crippen LogP contribution >= 0.6 is 0 Å². The highest BCUT2D eigenvalue weighted by molar-refractivity contribution is 5.31. The van der Waals surface area contributed by atoms with Gasteiger partial charge < -0.3 is 0 Å². The Bertz CT molecular complexity index is 434. The first-order chi connectivity index (χ1) is 10.1. The second-order valence-electron chi connectivity index (χ2n) is 6.34. The van der Waals surface area contributed by atoms with E-state index < -0.39 is 0 Å². The Balaban J connectivity index is 0.000000181. The van der Waals surface area contributed by atoms with E-state index in [-0.39, 0.29) is 0 Å². The van der Waals surface area contributed by atoms with E-state index in [1.165, 1.54) is 43.3 Å². The largest absolute Gasteiger partial charge is 0.0810 e. The molecule has 0 bridgehead atoms. The molecule has 1 aromatic carbocycles. The van der Waals surface area contributed by atoms with E-state index >= 15 is 0 Å². The average molecular weight is 284 g/mol. The molecule has 3 rings (SSSR count). The highest BCUT2D eigenvalue weighted by Crippen LogP contribution is 2.25. The van der Waals surface area contributed by atoms with Crippen LogP contribution in [-0.4, -0.2) is 0 Å². The summed E-state index contributed by atoms with van der Waals surface area (Å²) in [4.78, 5) is 0. The van der Waals surface area contributed by atoms with Gasteiger partial charge in [-0.25, -0.2) is 0 Å². The van der Waals surface area contributed by atoms with Crippen LogP contribution in [0.2, 0.25) is 0 Å². The summed E-state index contributed by atoms with van der Waals surface area (Å²) in [7, 11) is 0. The topological polar surface area (TPSA) is 0 Å². The van der Waals surface area contributed by atoms with E-state index in [2.05, 4.69) is 71.0 Å². The fraction of sp³-hybridized carbons (Fsp3) is 0.524. The van der Waals surface area contributed by atoms with Crippen molar-refractivity contribution in [2.24, 2.45) is 5.92 Å². The van der Waals surface area contributed by atoms with Gasteiger partial charge in [-0.3, -0.25) is 0 Å². The quantitative estimate of drug-likeness (QED) is 0.509. The molecule has 0 spiro atoms. The Hall–Kier alpha value is -1.30. The van der Waals surface area contributed by atoms with Crippen LogP contribution in [0.5, 0.6) is 0 Å². The molecular weight excluding hydrogens is 252 g/mol. The molecule has 2 aliphatic rings. The first-order valence-electron chi connectivity index (χ1n) is 8.49. The molecule has 0 saturated heterocycles. The van der Waals surface area contributed by atoms with E-state index in [1.54, 1.807) is 11.1 Å². The zero-order valence-electron chi connectivity index (χ0n) is 14.6. The Morgan fingerprint density at radius 3 is 1.57 bits per heavy atom. The molecule has 1 aromatic rings. The molecule has 116 valence electrons. The summed E-state index contributed by atoms with van der Waals surface area (Å²) >= 11 is 0. The van der Waals surface area contributed by atoms with Crippen LogP contribution in [0.1, 0.15) is 65.0 Å². The van der Waals surface area contributed by atoms with Gasteiger partial charge in [-0.15, -0.1) is 0 Å². The van der Waals surface area contributed by atoms with Crippen molar-refractivity contribution in [3.8, 4) is 0 Å². The molecule has 0 atom stereocenters. The third-order valence-electron chi connectivity index (χ3n) is 3.94. The van der Waals surface area contributed by atoms with Crippen LogP contribution in [0.25, 0.3) is 0 Å². The van der Waals surface area contributed by atoms with Crippen LogP contribution in [0, 0.1) is 5.92 Å².